The maximum absolute atomic E-state index is 5.90. The zero-order valence-electron chi connectivity index (χ0n) is 15.0. The van der Waals surface area contributed by atoms with Gasteiger partial charge < -0.3 is 20.1 Å². The lowest BCUT2D eigenvalue weighted by molar-refractivity contribution is 0.284. The highest BCUT2D eigenvalue weighted by Crippen LogP contribution is 2.29. The Balaban J connectivity index is 1.84. The second-order valence-electron chi connectivity index (χ2n) is 5.78. The van der Waals surface area contributed by atoms with E-state index in [1.807, 2.05) is 36.4 Å². The summed E-state index contributed by atoms with van der Waals surface area (Å²) in [6.45, 7) is 6.48. The molecule has 0 aliphatic heterocycles. The van der Waals surface area contributed by atoms with E-state index in [2.05, 4.69) is 23.6 Å². The van der Waals surface area contributed by atoms with Crippen LogP contribution in [0.15, 0.2) is 42.5 Å². The van der Waals surface area contributed by atoms with E-state index in [-0.39, 0.29) is 0 Å². The predicted octanol–water partition coefficient (Wildman–Crippen LogP) is 4.02. The molecule has 0 unspecified atom stereocenters. The van der Waals surface area contributed by atoms with Crippen LogP contribution in [-0.2, 0) is 13.2 Å². The first-order chi connectivity index (χ1) is 12.2. The molecule has 2 aromatic carbocycles. The molecule has 0 spiro atoms. The third-order valence-corrected chi connectivity index (χ3v) is 4.07. The first-order valence-corrected chi connectivity index (χ1v) is 9.06. The van der Waals surface area contributed by atoms with E-state index in [9.17, 15) is 0 Å². The molecule has 2 aromatic rings. The van der Waals surface area contributed by atoms with Crippen molar-refractivity contribution >= 4 is 11.6 Å². The number of benzene rings is 2. The molecule has 2 rings (SSSR count). The van der Waals surface area contributed by atoms with Crippen LogP contribution in [0.3, 0.4) is 0 Å². The van der Waals surface area contributed by atoms with Gasteiger partial charge in [-0.3, -0.25) is 0 Å². The van der Waals surface area contributed by atoms with Gasteiger partial charge in [0.2, 0.25) is 0 Å². The topological polar surface area (TPSA) is 42.5 Å². The zero-order chi connectivity index (χ0) is 17.9. The van der Waals surface area contributed by atoms with Crippen LogP contribution < -0.4 is 20.1 Å². The van der Waals surface area contributed by atoms with Crippen molar-refractivity contribution in [3.05, 3.63) is 58.6 Å². The Kier molecular flexibility index (Phi) is 8.60. The van der Waals surface area contributed by atoms with Gasteiger partial charge in [-0.15, -0.1) is 0 Å². The van der Waals surface area contributed by atoms with Crippen molar-refractivity contribution in [3.8, 4) is 11.5 Å². The highest BCUT2D eigenvalue weighted by Gasteiger charge is 2.06. The molecule has 4 nitrogen and oxygen atoms in total. The summed E-state index contributed by atoms with van der Waals surface area (Å²) in [5.41, 5.74) is 2.25. The second kappa shape index (κ2) is 11.0. The number of hydrogen-bond acceptors (Lipinski definition) is 4. The van der Waals surface area contributed by atoms with Crippen molar-refractivity contribution in [3.63, 3.8) is 0 Å². The molecule has 136 valence electrons. The van der Waals surface area contributed by atoms with Gasteiger partial charge in [-0.05, 0) is 61.4 Å². The molecule has 25 heavy (non-hydrogen) atoms. The third-order valence-electron chi connectivity index (χ3n) is 3.82. The summed E-state index contributed by atoms with van der Waals surface area (Å²) in [4.78, 5) is 0. The van der Waals surface area contributed by atoms with E-state index >= 15 is 0 Å². The molecule has 5 heteroatoms. The molecule has 2 N–H and O–H groups in total. The first kappa shape index (κ1) is 19.6. The molecular formula is C20H27ClN2O2. The molecule has 0 bridgehead atoms. The number of halogens is 1. The Labute approximate surface area is 155 Å². The Hall–Kier alpha value is -1.75. The van der Waals surface area contributed by atoms with Gasteiger partial charge >= 0.3 is 0 Å². The van der Waals surface area contributed by atoms with Gasteiger partial charge in [-0.25, -0.2) is 0 Å². The number of hydrogen-bond donors (Lipinski definition) is 2. The minimum Gasteiger partial charge on any atom is -0.493 e. The average Bonchev–Trinajstić information content (AvgIpc) is 2.64. The van der Waals surface area contributed by atoms with E-state index in [0.29, 0.717) is 6.61 Å². The van der Waals surface area contributed by atoms with Gasteiger partial charge in [0.1, 0.15) is 6.61 Å². The Bertz CT molecular complexity index is 632. The average molecular weight is 363 g/mol. The van der Waals surface area contributed by atoms with Crippen molar-refractivity contribution < 1.29 is 9.47 Å². The maximum atomic E-state index is 5.90. The minimum absolute atomic E-state index is 0.482. The molecule has 0 saturated carbocycles. The summed E-state index contributed by atoms with van der Waals surface area (Å²) in [6, 6.07) is 13.7. The van der Waals surface area contributed by atoms with Crippen LogP contribution in [0.1, 0.15) is 24.5 Å². The Morgan fingerprint density at radius 2 is 1.64 bits per heavy atom. The van der Waals surface area contributed by atoms with Crippen LogP contribution in [0.4, 0.5) is 0 Å². The zero-order valence-corrected chi connectivity index (χ0v) is 15.7. The lowest BCUT2D eigenvalue weighted by atomic mass is 10.2. The van der Waals surface area contributed by atoms with E-state index in [1.54, 1.807) is 7.11 Å². The molecule has 0 atom stereocenters. The van der Waals surface area contributed by atoms with Crippen LogP contribution in [0.2, 0.25) is 5.02 Å². The standard InChI is InChI=1S/C20H27ClN2O2/c1-3-22-11-4-12-23-14-17-7-10-19(20(13-17)24-2)25-15-16-5-8-18(21)9-6-16/h5-10,13,22-23H,3-4,11-12,14-15H2,1-2H3. The molecular weight excluding hydrogens is 336 g/mol. The van der Waals surface area contributed by atoms with Gasteiger partial charge in [-0.1, -0.05) is 36.7 Å². The van der Waals surface area contributed by atoms with Crippen molar-refractivity contribution in [2.24, 2.45) is 0 Å². The summed E-state index contributed by atoms with van der Waals surface area (Å²) in [7, 11) is 1.66. The summed E-state index contributed by atoms with van der Waals surface area (Å²) in [5.74, 6) is 1.49. The quantitative estimate of drug-likeness (QED) is 0.592. The normalized spacial score (nSPS) is 10.7. The number of nitrogens with one attached hydrogen (secondary N) is 2. The van der Waals surface area contributed by atoms with E-state index in [1.165, 1.54) is 5.56 Å². The van der Waals surface area contributed by atoms with Gasteiger partial charge in [0, 0.05) is 11.6 Å². The summed E-state index contributed by atoms with van der Waals surface area (Å²) >= 11 is 5.90. The second-order valence-corrected chi connectivity index (χ2v) is 6.22. The van der Waals surface area contributed by atoms with Crippen LogP contribution in [0.25, 0.3) is 0 Å². The molecule has 0 aliphatic carbocycles. The van der Waals surface area contributed by atoms with E-state index < -0.39 is 0 Å². The highest BCUT2D eigenvalue weighted by molar-refractivity contribution is 6.30. The molecule has 0 aromatic heterocycles. The molecule has 0 aliphatic rings. The number of ether oxygens (including phenoxy) is 2. The monoisotopic (exact) mass is 362 g/mol. The number of rotatable bonds is 11. The Morgan fingerprint density at radius 3 is 2.36 bits per heavy atom. The fraction of sp³-hybridized carbons (Fsp3) is 0.400. The van der Waals surface area contributed by atoms with Crippen molar-refractivity contribution in [1.82, 2.24) is 10.6 Å². The fourth-order valence-corrected chi connectivity index (χ4v) is 2.56. The summed E-state index contributed by atoms with van der Waals surface area (Å²) < 4.78 is 11.4. The van der Waals surface area contributed by atoms with Gasteiger partial charge in [0.15, 0.2) is 11.5 Å². The van der Waals surface area contributed by atoms with E-state index in [0.717, 1.165) is 54.7 Å². The molecule has 0 saturated heterocycles. The molecule has 0 fully saturated rings. The van der Waals surface area contributed by atoms with Crippen LogP contribution in [0.5, 0.6) is 11.5 Å². The van der Waals surface area contributed by atoms with Crippen LogP contribution >= 0.6 is 11.6 Å². The number of methoxy groups -OCH3 is 1. The molecule has 0 radical (unpaired) electrons. The smallest absolute Gasteiger partial charge is 0.161 e. The largest absolute Gasteiger partial charge is 0.493 e. The highest BCUT2D eigenvalue weighted by atomic mass is 35.5. The van der Waals surface area contributed by atoms with Gasteiger partial charge in [0.25, 0.3) is 0 Å². The minimum atomic E-state index is 0.482. The van der Waals surface area contributed by atoms with Gasteiger partial charge in [-0.2, -0.15) is 0 Å². The van der Waals surface area contributed by atoms with Crippen molar-refractivity contribution in [2.75, 3.05) is 26.7 Å². The van der Waals surface area contributed by atoms with Crippen molar-refractivity contribution in [1.29, 1.82) is 0 Å². The van der Waals surface area contributed by atoms with E-state index in [4.69, 9.17) is 21.1 Å². The first-order valence-electron chi connectivity index (χ1n) is 8.68. The maximum Gasteiger partial charge on any atom is 0.161 e. The summed E-state index contributed by atoms with van der Waals surface area (Å²) in [5, 5.41) is 7.49. The van der Waals surface area contributed by atoms with Crippen LogP contribution in [-0.4, -0.2) is 26.7 Å². The lowest BCUT2D eigenvalue weighted by Gasteiger charge is -2.13. The van der Waals surface area contributed by atoms with Crippen LogP contribution in [0, 0.1) is 0 Å². The Morgan fingerprint density at radius 1 is 0.920 bits per heavy atom. The predicted molar refractivity (Wildman–Crippen MR) is 104 cm³/mol. The SMILES string of the molecule is CCNCCCNCc1ccc(OCc2ccc(Cl)cc2)c(OC)c1. The fourth-order valence-electron chi connectivity index (χ4n) is 2.43. The molecule has 0 amide bonds. The summed E-state index contributed by atoms with van der Waals surface area (Å²) in [6.07, 6.45) is 1.12. The van der Waals surface area contributed by atoms with Crippen molar-refractivity contribution in [2.45, 2.75) is 26.5 Å². The van der Waals surface area contributed by atoms with Gasteiger partial charge in [0.05, 0.1) is 7.11 Å². The third kappa shape index (κ3) is 6.94. The lowest BCUT2D eigenvalue weighted by Crippen LogP contribution is -2.21. The molecule has 0 heterocycles.